The first-order valence-corrected chi connectivity index (χ1v) is 9.99. The summed E-state index contributed by atoms with van der Waals surface area (Å²) in [5.41, 5.74) is 0.611. The maximum atomic E-state index is 12.5. The number of sulfone groups is 1. The van der Waals surface area contributed by atoms with Gasteiger partial charge >= 0.3 is 0 Å². The van der Waals surface area contributed by atoms with Crippen molar-refractivity contribution in [2.24, 2.45) is 5.92 Å². The summed E-state index contributed by atoms with van der Waals surface area (Å²) in [6.07, 6.45) is 4.24. The third-order valence-corrected chi connectivity index (χ3v) is 6.18. The topological polar surface area (TPSA) is 76.1 Å². The molecule has 1 saturated carbocycles. The SMILES string of the molecule is C[C@H]1CCCC[C@@H]1NC(=O)CS(=O)(=O)c1ccc2ccccc2n1. The maximum absolute atomic E-state index is 12.5. The second-order valence-corrected chi connectivity index (χ2v) is 8.47. The van der Waals surface area contributed by atoms with Crippen molar-refractivity contribution in [2.45, 2.75) is 43.7 Å². The van der Waals surface area contributed by atoms with E-state index in [2.05, 4.69) is 17.2 Å². The molecule has 0 radical (unpaired) electrons. The molecule has 6 heteroatoms. The van der Waals surface area contributed by atoms with E-state index in [-0.39, 0.29) is 11.1 Å². The molecular weight excluding hydrogens is 324 g/mol. The van der Waals surface area contributed by atoms with Crippen molar-refractivity contribution in [1.82, 2.24) is 10.3 Å². The summed E-state index contributed by atoms with van der Waals surface area (Å²) in [5, 5.41) is 3.71. The summed E-state index contributed by atoms with van der Waals surface area (Å²) in [6, 6.07) is 10.6. The highest BCUT2D eigenvalue weighted by Gasteiger charge is 2.26. The second kappa shape index (κ2) is 6.89. The Balaban J connectivity index is 1.73. The summed E-state index contributed by atoms with van der Waals surface area (Å²) < 4.78 is 25.0. The molecule has 5 nitrogen and oxygen atoms in total. The molecule has 0 bridgehead atoms. The van der Waals surface area contributed by atoms with E-state index < -0.39 is 21.5 Å². The lowest BCUT2D eigenvalue weighted by Crippen LogP contribution is -2.43. The number of hydrogen-bond acceptors (Lipinski definition) is 4. The van der Waals surface area contributed by atoms with E-state index in [4.69, 9.17) is 0 Å². The molecule has 0 aliphatic heterocycles. The van der Waals surface area contributed by atoms with Crippen molar-refractivity contribution >= 4 is 26.6 Å². The van der Waals surface area contributed by atoms with E-state index in [1.54, 1.807) is 12.1 Å². The Morgan fingerprint density at radius 3 is 2.71 bits per heavy atom. The molecule has 1 N–H and O–H groups in total. The quantitative estimate of drug-likeness (QED) is 0.923. The van der Waals surface area contributed by atoms with Crippen LogP contribution in [0.1, 0.15) is 32.6 Å². The fraction of sp³-hybridized carbons (Fsp3) is 0.444. The van der Waals surface area contributed by atoms with Crippen LogP contribution in [-0.2, 0) is 14.6 Å². The van der Waals surface area contributed by atoms with Crippen LogP contribution in [0.4, 0.5) is 0 Å². The van der Waals surface area contributed by atoms with Gasteiger partial charge in [0.2, 0.25) is 15.7 Å². The number of carbonyl (C=O) groups is 1. The summed E-state index contributed by atoms with van der Waals surface area (Å²) >= 11 is 0. The molecular formula is C18H22N2O3S. The average Bonchev–Trinajstić information content (AvgIpc) is 2.56. The number of nitrogens with one attached hydrogen (secondary N) is 1. The molecule has 0 saturated heterocycles. The van der Waals surface area contributed by atoms with Crippen LogP contribution in [0.15, 0.2) is 41.4 Å². The minimum atomic E-state index is -3.74. The van der Waals surface area contributed by atoms with Gasteiger partial charge in [-0.2, -0.15) is 0 Å². The normalized spacial score (nSPS) is 21.5. The maximum Gasteiger partial charge on any atom is 0.235 e. The third-order valence-electron chi connectivity index (χ3n) is 4.67. The van der Waals surface area contributed by atoms with Crippen LogP contribution in [-0.4, -0.2) is 31.1 Å². The third kappa shape index (κ3) is 3.75. The standard InChI is InChI=1S/C18H22N2O3S/c1-13-6-2-4-8-15(13)19-17(21)12-24(22,23)18-11-10-14-7-3-5-9-16(14)20-18/h3,5,7,9-11,13,15H,2,4,6,8,12H2,1H3,(H,19,21)/t13-,15-/m0/s1. The van der Waals surface area contributed by atoms with Gasteiger partial charge in [0.25, 0.3) is 0 Å². The van der Waals surface area contributed by atoms with Gasteiger partial charge < -0.3 is 5.32 Å². The van der Waals surface area contributed by atoms with E-state index in [9.17, 15) is 13.2 Å². The van der Waals surface area contributed by atoms with Gasteiger partial charge in [-0.1, -0.05) is 38.0 Å². The van der Waals surface area contributed by atoms with Crippen molar-refractivity contribution in [3.63, 3.8) is 0 Å². The van der Waals surface area contributed by atoms with Crippen molar-refractivity contribution in [2.75, 3.05) is 5.75 Å². The minimum absolute atomic E-state index is 0.0481. The predicted molar refractivity (Wildman–Crippen MR) is 93.4 cm³/mol. The van der Waals surface area contributed by atoms with Gasteiger partial charge in [0.15, 0.2) is 5.03 Å². The number of fused-ring (bicyclic) bond motifs is 1. The highest BCUT2D eigenvalue weighted by Crippen LogP contribution is 2.24. The number of carbonyl (C=O) groups excluding carboxylic acids is 1. The lowest BCUT2D eigenvalue weighted by molar-refractivity contribution is -0.119. The van der Waals surface area contributed by atoms with Gasteiger partial charge in [0.05, 0.1) is 5.52 Å². The average molecular weight is 346 g/mol. The minimum Gasteiger partial charge on any atom is -0.352 e. The van der Waals surface area contributed by atoms with Gasteiger partial charge in [0.1, 0.15) is 5.75 Å². The molecule has 128 valence electrons. The van der Waals surface area contributed by atoms with Crippen LogP contribution in [0, 0.1) is 5.92 Å². The molecule has 1 fully saturated rings. The van der Waals surface area contributed by atoms with Crippen LogP contribution < -0.4 is 5.32 Å². The fourth-order valence-electron chi connectivity index (χ4n) is 3.25. The number of para-hydroxylation sites is 1. The van der Waals surface area contributed by atoms with Crippen LogP contribution in [0.5, 0.6) is 0 Å². The number of aromatic nitrogens is 1. The van der Waals surface area contributed by atoms with Crippen molar-refractivity contribution in [1.29, 1.82) is 0 Å². The highest BCUT2D eigenvalue weighted by molar-refractivity contribution is 7.92. The van der Waals surface area contributed by atoms with E-state index in [0.717, 1.165) is 24.6 Å². The lowest BCUT2D eigenvalue weighted by atomic mass is 9.86. The number of nitrogens with zero attached hydrogens (tertiary/aromatic N) is 1. The Labute approximate surface area is 142 Å². The zero-order valence-electron chi connectivity index (χ0n) is 13.7. The molecule has 2 atom stereocenters. The zero-order valence-corrected chi connectivity index (χ0v) is 14.6. The first kappa shape index (κ1) is 16.9. The number of pyridine rings is 1. The van der Waals surface area contributed by atoms with E-state index in [1.165, 1.54) is 12.5 Å². The van der Waals surface area contributed by atoms with Crippen molar-refractivity contribution < 1.29 is 13.2 Å². The molecule has 1 aliphatic rings. The Morgan fingerprint density at radius 1 is 1.17 bits per heavy atom. The molecule has 0 spiro atoms. The smallest absolute Gasteiger partial charge is 0.235 e. The Kier molecular flexibility index (Phi) is 4.85. The van der Waals surface area contributed by atoms with Crippen molar-refractivity contribution in [3.8, 4) is 0 Å². The summed E-state index contributed by atoms with van der Waals surface area (Å²) in [5.74, 6) is -0.602. The van der Waals surface area contributed by atoms with Crippen LogP contribution >= 0.6 is 0 Å². The molecule has 1 heterocycles. The number of hydrogen-bond donors (Lipinski definition) is 1. The molecule has 24 heavy (non-hydrogen) atoms. The Hall–Kier alpha value is -1.95. The van der Waals surface area contributed by atoms with E-state index in [1.807, 2.05) is 18.2 Å². The van der Waals surface area contributed by atoms with E-state index >= 15 is 0 Å². The number of amides is 1. The summed E-state index contributed by atoms with van der Waals surface area (Å²) in [4.78, 5) is 16.4. The molecule has 1 aliphatic carbocycles. The number of benzene rings is 1. The second-order valence-electron chi connectivity index (χ2n) is 6.54. The van der Waals surface area contributed by atoms with Crippen LogP contribution in [0.2, 0.25) is 0 Å². The molecule has 0 unspecified atom stereocenters. The first-order chi connectivity index (χ1) is 11.5. The lowest BCUT2D eigenvalue weighted by Gasteiger charge is -2.29. The van der Waals surface area contributed by atoms with Gasteiger partial charge in [0, 0.05) is 11.4 Å². The molecule has 1 aromatic carbocycles. The summed E-state index contributed by atoms with van der Waals surface area (Å²) in [7, 11) is -3.74. The van der Waals surface area contributed by atoms with Gasteiger partial charge in [-0.05, 0) is 37.0 Å². The zero-order chi connectivity index (χ0) is 17.2. The molecule has 3 rings (SSSR count). The van der Waals surface area contributed by atoms with E-state index in [0.29, 0.717) is 11.4 Å². The summed E-state index contributed by atoms with van der Waals surface area (Å²) in [6.45, 7) is 2.10. The number of rotatable bonds is 4. The predicted octanol–water partition coefficient (Wildman–Crippen LogP) is 2.70. The van der Waals surface area contributed by atoms with Gasteiger partial charge in [-0.15, -0.1) is 0 Å². The van der Waals surface area contributed by atoms with Crippen LogP contribution in [0.25, 0.3) is 10.9 Å². The molecule has 2 aromatic rings. The first-order valence-electron chi connectivity index (χ1n) is 8.33. The Morgan fingerprint density at radius 2 is 1.92 bits per heavy atom. The van der Waals surface area contributed by atoms with Crippen molar-refractivity contribution in [3.05, 3.63) is 36.4 Å². The van der Waals surface area contributed by atoms with Crippen LogP contribution in [0.3, 0.4) is 0 Å². The Bertz CT molecular complexity index is 848. The molecule has 1 aromatic heterocycles. The van der Waals surface area contributed by atoms with Gasteiger partial charge in [-0.25, -0.2) is 13.4 Å². The fourth-order valence-corrected chi connectivity index (χ4v) is 4.34. The van der Waals surface area contributed by atoms with Gasteiger partial charge in [-0.3, -0.25) is 4.79 Å². The monoisotopic (exact) mass is 346 g/mol. The largest absolute Gasteiger partial charge is 0.352 e. The highest BCUT2D eigenvalue weighted by atomic mass is 32.2. The molecule has 1 amide bonds.